The van der Waals surface area contributed by atoms with Crippen LogP contribution < -0.4 is 5.43 Å². The highest BCUT2D eigenvalue weighted by Crippen LogP contribution is 2.16. The summed E-state index contributed by atoms with van der Waals surface area (Å²) in [5.74, 6) is -0.907. The van der Waals surface area contributed by atoms with E-state index in [2.05, 4.69) is 15.6 Å². The summed E-state index contributed by atoms with van der Waals surface area (Å²) in [6.45, 7) is 0. The first-order valence-electron chi connectivity index (χ1n) is 5.07. The molecular formula is C8H7N7O5. The molecule has 12 nitrogen and oxygen atoms in total. The van der Waals surface area contributed by atoms with Crippen LogP contribution in [0.1, 0.15) is 10.5 Å². The number of nitrogens with zero attached hydrogens (tertiary/aromatic N) is 6. The minimum Gasteiger partial charge on any atom is -0.268 e. The van der Waals surface area contributed by atoms with Crippen molar-refractivity contribution in [2.24, 2.45) is 7.05 Å². The van der Waals surface area contributed by atoms with Gasteiger partial charge in [0.1, 0.15) is 18.6 Å². The Bertz CT molecular complexity index is 702. The van der Waals surface area contributed by atoms with E-state index in [0.717, 1.165) is 28.1 Å². The van der Waals surface area contributed by atoms with Gasteiger partial charge in [0.25, 0.3) is 5.91 Å². The average molecular weight is 281 g/mol. The molecule has 0 fully saturated rings. The molecule has 1 amide bonds. The maximum Gasteiger partial charge on any atom is 0.320 e. The van der Waals surface area contributed by atoms with E-state index in [1.165, 1.54) is 7.05 Å². The number of aryl methyl sites for hydroxylation is 1. The van der Waals surface area contributed by atoms with Crippen LogP contribution in [-0.4, -0.2) is 35.4 Å². The Labute approximate surface area is 109 Å². The van der Waals surface area contributed by atoms with Crippen LogP contribution in [0.3, 0.4) is 0 Å². The highest BCUT2D eigenvalue weighted by atomic mass is 16.6. The molecule has 0 atom stereocenters. The lowest BCUT2D eigenvalue weighted by atomic mass is 10.3. The first kappa shape index (κ1) is 13.1. The second-order valence-electron chi connectivity index (χ2n) is 3.63. The van der Waals surface area contributed by atoms with Crippen molar-refractivity contribution in [3.8, 4) is 0 Å². The SMILES string of the molecule is Cn1cc([N+](=O)[O-])c(C(=O)Nn2cc([N+](=O)[O-])cn2)n1. The van der Waals surface area contributed by atoms with E-state index in [9.17, 15) is 25.0 Å². The molecular weight excluding hydrogens is 274 g/mol. The normalized spacial score (nSPS) is 10.2. The average Bonchev–Trinajstić information content (AvgIpc) is 2.95. The topological polar surface area (TPSA) is 151 Å². The molecule has 20 heavy (non-hydrogen) atoms. The molecule has 0 saturated carbocycles. The number of aromatic nitrogens is 4. The van der Waals surface area contributed by atoms with Gasteiger partial charge in [-0.05, 0) is 0 Å². The van der Waals surface area contributed by atoms with E-state index >= 15 is 0 Å². The Balaban J connectivity index is 2.23. The van der Waals surface area contributed by atoms with Crippen LogP contribution in [0.25, 0.3) is 0 Å². The first-order chi connectivity index (χ1) is 9.38. The first-order valence-corrected chi connectivity index (χ1v) is 5.07. The molecule has 0 saturated heterocycles. The van der Waals surface area contributed by atoms with Crippen molar-refractivity contribution in [3.05, 3.63) is 44.5 Å². The Morgan fingerprint density at radius 3 is 2.55 bits per heavy atom. The van der Waals surface area contributed by atoms with Gasteiger partial charge in [0.15, 0.2) is 0 Å². The van der Waals surface area contributed by atoms with Crippen molar-refractivity contribution in [1.82, 2.24) is 19.7 Å². The summed E-state index contributed by atoms with van der Waals surface area (Å²) in [5.41, 5.74) is 0.891. The number of nitro groups is 2. The molecule has 0 aliphatic rings. The number of nitrogens with one attached hydrogen (secondary N) is 1. The lowest BCUT2D eigenvalue weighted by molar-refractivity contribution is -0.385. The molecule has 0 aliphatic heterocycles. The van der Waals surface area contributed by atoms with Gasteiger partial charge in [-0.1, -0.05) is 0 Å². The lowest BCUT2D eigenvalue weighted by Gasteiger charge is -2.00. The van der Waals surface area contributed by atoms with Crippen molar-refractivity contribution >= 4 is 17.3 Å². The molecule has 2 aromatic rings. The minimum atomic E-state index is -0.907. The summed E-state index contributed by atoms with van der Waals surface area (Å²) < 4.78 is 1.11. The number of hydrogen-bond acceptors (Lipinski definition) is 7. The van der Waals surface area contributed by atoms with E-state index < -0.39 is 27.1 Å². The number of amides is 1. The van der Waals surface area contributed by atoms with Crippen LogP contribution in [0.4, 0.5) is 11.4 Å². The smallest absolute Gasteiger partial charge is 0.268 e. The fourth-order valence-electron chi connectivity index (χ4n) is 1.40. The summed E-state index contributed by atoms with van der Waals surface area (Å²) in [6, 6.07) is 0. The Hall–Kier alpha value is -3.31. The molecule has 2 rings (SSSR count). The monoisotopic (exact) mass is 281 g/mol. The molecule has 0 aliphatic carbocycles. The third-order valence-electron chi connectivity index (χ3n) is 2.22. The van der Waals surface area contributed by atoms with Gasteiger partial charge in [0, 0.05) is 7.05 Å². The summed E-state index contributed by atoms with van der Waals surface area (Å²) in [5, 5.41) is 28.4. The van der Waals surface area contributed by atoms with Crippen LogP contribution >= 0.6 is 0 Å². The predicted molar refractivity (Wildman–Crippen MR) is 62.4 cm³/mol. The zero-order valence-corrected chi connectivity index (χ0v) is 9.96. The highest BCUT2D eigenvalue weighted by Gasteiger charge is 2.25. The van der Waals surface area contributed by atoms with Crippen molar-refractivity contribution in [2.75, 3.05) is 5.43 Å². The Kier molecular flexibility index (Phi) is 3.12. The van der Waals surface area contributed by atoms with Gasteiger partial charge >= 0.3 is 11.4 Å². The van der Waals surface area contributed by atoms with Crippen molar-refractivity contribution in [3.63, 3.8) is 0 Å². The maximum absolute atomic E-state index is 11.8. The quantitative estimate of drug-likeness (QED) is 0.602. The van der Waals surface area contributed by atoms with Gasteiger partial charge in [-0.25, -0.2) is 5.43 Å². The van der Waals surface area contributed by atoms with E-state index in [1.54, 1.807) is 0 Å². The van der Waals surface area contributed by atoms with E-state index in [0.29, 0.717) is 0 Å². The van der Waals surface area contributed by atoms with Crippen molar-refractivity contribution in [2.45, 2.75) is 0 Å². The molecule has 0 spiro atoms. The summed E-state index contributed by atoms with van der Waals surface area (Å²) in [7, 11) is 1.42. The zero-order valence-electron chi connectivity index (χ0n) is 9.96. The molecule has 0 bridgehead atoms. The molecule has 104 valence electrons. The molecule has 12 heteroatoms. The minimum absolute atomic E-state index is 0.333. The van der Waals surface area contributed by atoms with Crippen LogP contribution in [0.15, 0.2) is 18.6 Å². The lowest BCUT2D eigenvalue weighted by Crippen LogP contribution is -2.24. The fourth-order valence-corrected chi connectivity index (χ4v) is 1.40. The standard InChI is InChI=1S/C8H7N7O5/c1-12-4-6(15(19)20)7(10-12)8(16)11-13-3-5(2-9-13)14(17)18/h2-4H,1H3,(H,11,16). The van der Waals surface area contributed by atoms with Crippen LogP contribution in [0, 0.1) is 20.2 Å². The molecule has 0 radical (unpaired) electrons. The van der Waals surface area contributed by atoms with Gasteiger partial charge in [-0.3, -0.25) is 29.7 Å². The van der Waals surface area contributed by atoms with Crippen molar-refractivity contribution < 1.29 is 14.6 Å². The third kappa shape index (κ3) is 2.43. The maximum atomic E-state index is 11.8. The van der Waals surface area contributed by atoms with E-state index in [4.69, 9.17) is 0 Å². The van der Waals surface area contributed by atoms with Gasteiger partial charge < -0.3 is 0 Å². The van der Waals surface area contributed by atoms with Gasteiger partial charge in [0.05, 0.1) is 9.85 Å². The summed E-state index contributed by atoms with van der Waals surface area (Å²) in [6.07, 6.45) is 2.94. The second kappa shape index (κ2) is 4.75. The Morgan fingerprint density at radius 2 is 2.00 bits per heavy atom. The Morgan fingerprint density at radius 1 is 1.30 bits per heavy atom. The van der Waals surface area contributed by atoms with Gasteiger partial charge in [-0.15, -0.1) is 0 Å². The zero-order chi connectivity index (χ0) is 14.9. The van der Waals surface area contributed by atoms with E-state index in [1.807, 2.05) is 0 Å². The van der Waals surface area contributed by atoms with E-state index in [-0.39, 0.29) is 5.69 Å². The van der Waals surface area contributed by atoms with Gasteiger partial charge in [-0.2, -0.15) is 15.0 Å². The third-order valence-corrected chi connectivity index (χ3v) is 2.22. The predicted octanol–water partition coefficient (Wildman–Crippen LogP) is -0.183. The molecule has 0 unspecified atom stereocenters. The summed E-state index contributed by atoms with van der Waals surface area (Å²) in [4.78, 5) is 32.3. The van der Waals surface area contributed by atoms with Crippen LogP contribution in [0.2, 0.25) is 0 Å². The number of rotatable bonds is 4. The molecule has 0 aromatic carbocycles. The second-order valence-corrected chi connectivity index (χ2v) is 3.63. The summed E-state index contributed by atoms with van der Waals surface area (Å²) >= 11 is 0. The van der Waals surface area contributed by atoms with Crippen LogP contribution in [0.5, 0.6) is 0 Å². The molecule has 2 heterocycles. The number of hydrogen-bond donors (Lipinski definition) is 1. The highest BCUT2D eigenvalue weighted by molar-refractivity contribution is 6.01. The van der Waals surface area contributed by atoms with Gasteiger partial charge in [0.2, 0.25) is 5.69 Å². The largest absolute Gasteiger partial charge is 0.320 e. The van der Waals surface area contributed by atoms with Crippen LogP contribution in [-0.2, 0) is 7.05 Å². The van der Waals surface area contributed by atoms with Crippen molar-refractivity contribution in [1.29, 1.82) is 0 Å². The molecule has 2 aromatic heterocycles. The fraction of sp³-hybridized carbons (Fsp3) is 0.125. The molecule has 1 N–H and O–H groups in total. The number of carbonyl (C=O) groups is 1. The number of carbonyl (C=O) groups excluding carboxylic acids is 1.